The molecule has 4 atom stereocenters. The maximum absolute atomic E-state index is 12.4. The second-order valence-corrected chi connectivity index (χ2v) is 10.9. The Morgan fingerprint density at radius 3 is 1.23 bits per heavy atom. The highest BCUT2D eigenvalue weighted by Gasteiger charge is 2.51. The molecule has 0 aliphatic carbocycles. The van der Waals surface area contributed by atoms with Crippen molar-refractivity contribution in [2.24, 2.45) is 0 Å². The Morgan fingerprint density at radius 1 is 0.575 bits per heavy atom. The minimum absolute atomic E-state index is 0.113. The van der Waals surface area contributed by atoms with E-state index in [9.17, 15) is 35.1 Å². The summed E-state index contributed by atoms with van der Waals surface area (Å²) in [6, 6.07) is 0. The molecule has 0 radical (unpaired) electrons. The molecule has 0 aromatic heterocycles. The van der Waals surface area contributed by atoms with E-state index in [0.29, 0.717) is 12.8 Å². The minimum Gasteiger partial charge on any atom is -0.396 e. The van der Waals surface area contributed by atoms with Crippen LogP contribution in [0.15, 0.2) is 0 Å². The molecule has 0 heterocycles. The molecular weight excluding hydrogens is 520 g/mol. The summed E-state index contributed by atoms with van der Waals surface area (Å²) in [6.45, 7) is 3.39. The van der Waals surface area contributed by atoms with E-state index in [2.05, 4.69) is 13.8 Å². The molecule has 0 spiro atoms. The summed E-state index contributed by atoms with van der Waals surface area (Å²) in [4.78, 5) is 24.9. The first-order chi connectivity index (χ1) is 19.1. The molecular formula is C30H58O10. The molecule has 10 nitrogen and oxygen atoms in total. The van der Waals surface area contributed by atoms with E-state index in [1.807, 2.05) is 0 Å². The fourth-order valence-electron chi connectivity index (χ4n) is 4.47. The van der Waals surface area contributed by atoms with Crippen LogP contribution in [0.4, 0.5) is 0 Å². The van der Waals surface area contributed by atoms with Crippen LogP contribution in [-0.4, -0.2) is 79.6 Å². The number of carbonyl (C=O) groups excluding carboxylic acids is 2. The van der Waals surface area contributed by atoms with Crippen LogP contribution in [0.25, 0.3) is 0 Å². The molecule has 0 bridgehead atoms. The van der Waals surface area contributed by atoms with Gasteiger partial charge in [0.1, 0.15) is 18.3 Å². The van der Waals surface area contributed by atoms with Gasteiger partial charge in [-0.2, -0.15) is 0 Å². The number of rotatable bonds is 27. The van der Waals surface area contributed by atoms with E-state index in [4.69, 9.17) is 14.6 Å². The Labute approximate surface area is 241 Å². The van der Waals surface area contributed by atoms with Crippen molar-refractivity contribution in [2.75, 3.05) is 6.61 Å². The van der Waals surface area contributed by atoms with Gasteiger partial charge in [0.05, 0.1) is 6.61 Å². The molecule has 0 aromatic carbocycles. The van der Waals surface area contributed by atoms with Crippen LogP contribution >= 0.6 is 0 Å². The van der Waals surface area contributed by atoms with Crippen molar-refractivity contribution in [3.05, 3.63) is 0 Å². The number of hydrogen-bond acceptors (Lipinski definition) is 10. The highest BCUT2D eigenvalue weighted by molar-refractivity contribution is 5.71. The molecule has 0 saturated heterocycles. The number of unbranched alkanes of at least 4 members (excludes halogenated alkanes) is 16. The van der Waals surface area contributed by atoms with Crippen LogP contribution in [0.3, 0.4) is 0 Å². The van der Waals surface area contributed by atoms with Gasteiger partial charge in [0.2, 0.25) is 0 Å². The Hall–Kier alpha value is -1.30. The molecule has 0 amide bonds. The second kappa shape index (κ2) is 24.3. The summed E-state index contributed by atoms with van der Waals surface area (Å²) in [5.74, 6) is -5.18. The third-order valence-corrected chi connectivity index (χ3v) is 7.12. The van der Waals surface area contributed by atoms with Crippen LogP contribution in [-0.2, 0) is 19.1 Å². The fraction of sp³-hybridized carbons (Fsp3) is 0.933. The summed E-state index contributed by atoms with van der Waals surface area (Å²) in [6.07, 6.45) is 9.32. The zero-order valence-electron chi connectivity index (χ0n) is 25.0. The molecule has 6 N–H and O–H groups in total. The maximum atomic E-state index is 12.4. The Kier molecular flexibility index (Phi) is 23.5. The minimum atomic E-state index is -3.28. The summed E-state index contributed by atoms with van der Waals surface area (Å²) in [5.41, 5.74) is 0. The van der Waals surface area contributed by atoms with E-state index in [1.54, 1.807) is 0 Å². The van der Waals surface area contributed by atoms with E-state index >= 15 is 0 Å². The number of aliphatic hydroxyl groups excluding tert-OH is 5. The first-order valence-electron chi connectivity index (χ1n) is 15.6. The van der Waals surface area contributed by atoms with Crippen LogP contribution in [0.2, 0.25) is 0 Å². The Morgan fingerprint density at radius 2 is 0.900 bits per heavy atom. The molecule has 0 fully saturated rings. The van der Waals surface area contributed by atoms with Gasteiger partial charge in [0, 0.05) is 12.8 Å². The summed E-state index contributed by atoms with van der Waals surface area (Å²) in [7, 11) is 0. The molecule has 10 heteroatoms. The van der Waals surface area contributed by atoms with Crippen LogP contribution in [0.5, 0.6) is 0 Å². The van der Waals surface area contributed by atoms with Gasteiger partial charge in [-0.1, -0.05) is 117 Å². The summed E-state index contributed by atoms with van der Waals surface area (Å²) in [5, 5.41) is 60.1. The van der Waals surface area contributed by atoms with Crippen molar-refractivity contribution in [3.8, 4) is 0 Å². The third kappa shape index (κ3) is 18.2. The van der Waals surface area contributed by atoms with Crippen molar-refractivity contribution < 1.29 is 49.7 Å². The first-order valence-corrected chi connectivity index (χ1v) is 15.6. The first kappa shape index (κ1) is 38.7. The lowest BCUT2D eigenvalue weighted by molar-refractivity contribution is -0.375. The van der Waals surface area contributed by atoms with Crippen molar-refractivity contribution in [1.82, 2.24) is 0 Å². The predicted octanol–water partition coefficient (Wildman–Crippen LogP) is 4.00. The number of carbonyl (C=O) groups is 2. The van der Waals surface area contributed by atoms with Crippen molar-refractivity contribution in [2.45, 2.75) is 173 Å². The van der Waals surface area contributed by atoms with Crippen molar-refractivity contribution >= 4 is 11.9 Å². The molecule has 238 valence electrons. The van der Waals surface area contributed by atoms with E-state index in [-0.39, 0.29) is 12.8 Å². The molecule has 0 saturated carbocycles. The van der Waals surface area contributed by atoms with Gasteiger partial charge in [-0.05, 0) is 12.8 Å². The number of hydrogen-bond donors (Lipinski definition) is 6. The summed E-state index contributed by atoms with van der Waals surface area (Å²) < 4.78 is 9.85. The topological polar surface area (TPSA) is 174 Å². The van der Waals surface area contributed by atoms with Crippen LogP contribution in [0, 0.1) is 0 Å². The number of aliphatic hydroxyl groups is 6. The highest BCUT2D eigenvalue weighted by Crippen LogP contribution is 2.24. The Balaban J connectivity index is 4.82. The zero-order chi connectivity index (χ0) is 30.2. The van der Waals surface area contributed by atoms with Gasteiger partial charge in [-0.25, -0.2) is 0 Å². The largest absolute Gasteiger partial charge is 0.403 e. The monoisotopic (exact) mass is 578 g/mol. The second-order valence-electron chi connectivity index (χ2n) is 10.9. The zero-order valence-corrected chi connectivity index (χ0v) is 25.0. The van der Waals surface area contributed by atoms with Crippen molar-refractivity contribution in [1.29, 1.82) is 0 Å². The normalized spacial score (nSPS) is 14.9. The molecule has 0 aliphatic heterocycles. The van der Waals surface area contributed by atoms with Gasteiger partial charge in [-0.3, -0.25) is 9.59 Å². The predicted molar refractivity (Wildman–Crippen MR) is 152 cm³/mol. The van der Waals surface area contributed by atoms with Gasteiger partial charge < -0.3 is 40.1 Å². The molecule has 0 aromatic rings. The van der Waals surface area contributed by atoms with Crippen molar-refractivity contribution in [3.63, 3.8) is 0 Å². The van der Waals surface area contributed by atoms with Crippen LogP contribution in [0.1, 0.15) is 142 Å². The lowest BCUT2D eigenvalue weighted by Gasteiger charge is -2.35. The molecule has 40 heavy (non-hydrogen) atoms. The molecule has 0 rings (SSSR count). The lowest BCUT2D eigenvalue weighted by atomic mass is 10.0. The van der Waals surface area contributed by atoms with Crippen LogP contribution < -0.4 is 0 Å². The van der Waals surface area contributed by atoms with E-state index < -0.39 is 48.9 Å². The van der Waals surface area contributed by atoms with Gasteiger partial charge >= 0.3 is 17.9 Å². The van der Waals surface area contributed by atoms with E-state index in [1.165, 1.54) is 51.4 Å². The average Bonchev–Trinajstić information content (AvgIpc) is 2.93. The quantitative estimate of drug-likeness (QED) is 0.0475. The molecule has 0 aliphatic rings. The maximum Gasteiger partial charge on any atom is 0.403 e. The number of esters is 2. The fourth-order valence-corrected chi connectivity index (χ4v) is 4.47. The van der Waals surface area contributed by atoms with E-state index in [0.717, 1.165) is 51.4 Å². The smallest absolute Gasteiger partial charge is 0.396 e. The summed E-state index contributed by atoms with van der Waals surface area (Å²) >= 11 is 0. The molecule has 0 unspecified atom stereocenters. The average molecular weight is 579 g/mol. The van der Waals surface area contributed by atoms with Gasteiger partial charge in [0.15, 0.2) is 6.10 Å². The highest BCUT2D eigenvalue weighted by atomic mass is 16.8. The third-order valence-electron chi connectivity index (χ3n) is 7.12. The lowest BCUT2D eigenvalue weighted by Crippen LogP contribution is -2.59. The van der Waals surface area contributed by atoms with Gasteiger partial charge in [0.25, 0.3) is 0 Å². The standard InChI is InChI=1S/C30H58O10/c1-3-5-7-9-11-13-15-17-19-21-25(33)39-30(38,29(37)28(36)27(35)24(32)23-31)40-26(34)22-20-18-16-14-12-10-8-6-4-2/h24,27-29,31-32,35-38H,3-23H2,1-2H3/t24-,27+,28+,29+/m0/s1. The van der Waals surface area contributed by atoms with Gasteiger partial charge in [-0.15, -0.1) is 0 Å². The SMILES string of the molecule is CCCCCCCCCCCC(=O)OC(O)(OC(=O)CCCCCCCCCCC)[C@H](O)[C@H](O)[C@H](O)[C@@H](O)CO. The Bertz CT molecular complexity index is 594. The number of ether oxygens (including phenoxy) is 2.